The first-order valence-corrected chi connectivity index (χ1v) is 10.5. The van der Waals surface area contributed by atoms with Gasteiger partial charge in [0.25, 0.3) is 0 Å². The highest BCUT2D eigenvalue weighted by molar-refractivity contribution is 6.33. The van der Waals surface area contributed by atoms with E-state index in [4.69, 9.17) is 11.6 Å². The van der Waals surface area contributed by atoms with Crippen LogP contribution in [0.2, 0.25) is 5.02 Å². The molecule has 0 bridgehead atoms. The largest absolute Gasteiger partial charge is 0.324 e. The van der Waals surface area contributed by atoms with Gasteiger partial charge in [0.2, 0.25) is 17.8 Å². The molecule has 0 aliphatic carbocycles. The van der Waals surface area contributed by atoms with Crippen molar-refractivity contribution in [3.63, 3.8) is 0 Å². The van der Waals surface area contributed by atoms with Gasteiger partial charge in [0, 0.05) is 11.1 Å². The molecule has 3 heterocycles. The van der Waals surface area contributed by atoms with Gasteiger partial charge < -0.3 is 16.0 Å². The standard InChI is InChI=1S/C23H20ClN7O/c1-23(2)11-15-10-17(24)19(28-18(15)29-20(23)32)30-22-26-12-25-21(31-22)27-16-8-7-13-5-3-4-6-14(13)9-16/h3-10,12H,11H2,1-2H3,(H3,25,26,27,28,29,30,31,32). The molecule has 0 radical (unpaired) electrons. The van der Waals surface area contributed by atoms with Gasteiger partial charge in [0.05, 0.1) is 5.02 Å². The zero-order chi connectivity index (χ0) is 22.3. The number of hydrogen-bond acceptors (Lipinski definition) is 7. The summed E-state index contributed by atoms with van der Waals surface area (Å²) in [5.74, 6) is 1.42. The van der Waals surface area contributed by atoms with Crippen molar-refractivity contribution in [3.8, 4) is 0 Å². The second kappa shape index (κ2) is 7.72. The Morgan fingerprint density at radius 2 is 1.72 bits per heavy atom. The van der Waals surface area contributed by atoms with Crippen LogP contribution >= 0.6 is 11.6 Å². The van der Waals surface area contributed by atoms with Gasteiger partial charge in [-0.15, -0.1) is 0 Å². The zero-order valence-electron chi connectivity index (χ0n) is 17.5. The molecule has 0 atom stereocenters. The fraction of sp³-hybridized carbons (Fsp3) is 0.174. The molecule has 2 aromatic heterocycles. The first-order valence-electron chi connectivity index (χ1n) is 10.1. The molecule has 160 valence electrons. The first-order chi connectivity index (χ1) is 15.4. The average molecular weight is 446 g/mol. The second-order valence-corrected chi connectivity index (χ2v) is 8.69. The van der Waals surface area contributed by atoms with Crippen LogP contribution < -0.4 is 16.0 Å². The van der Waals surface area contributed by atoms with Crippen LogP contribution in [0.4, 0.5) is 29.2 Å². The number of hydrogen-bond donors (Lipinski definition) is 3. The molecule has 0 spiro atoms. The molecule has 0 saturated carbocycles. The Kier molecular flexibility index (Phi) is 4.86. The number of benzene rings is 2. The van der Waals surface area contributed by atoms with Gasteiger partial charge >= 0.3 is 0 Å². The van der Waals surface area contributed by atoms with E-state index in [9.17, 15) is 4.79 Å². The summed E-state index contributed by atoms with van der Waals surface area (Å²) in [4.78, 5) is 29.5. The molecule has 0 unspecified atom stereocenters. The maximum atomic E-state index is 12.3. The predicted octanol–water partition coefficient (Wildman–Crippen LogP) is 5.08. The molecular weight excluding hydrogens is 426 g/mol. The minimum Gasteiger partial charge on any atom is -0.324 e. The summed E-state index contributed by atoms with van der Waals surface area (Å²) < 4.78 is 0. The maximum Gasteiger partial charge on any atom is 0.233 e. The third-order valence-electron chi connectivity index (χ3n) is 5.34. The van der Waals surface area contributed by atoms with Crippen LogP contribution in [0.5, 0.6) is 0 Å². The van der Waals surface area contributed by atoms with Crippen molar-refractivity contribution in [2.45, 2.75) is 20.3 Å². The number of carbonyl (C=O) groups excluding carboxylic acids is 1. The van der Waals surface area contributed by atoms with Gasteiger partial charge in [-0.25, -0.2) is 15.0 Å². The van der Waals surface area contributed by atoms with Crippen LogP contribution in [0.3, 0.4) is 0 Å². The summed E-state index contributed by atoms with van der Waals surface area (Å²) in [6.07, 6.45) is 1.96. The van der Waals surface area contributed by atoms with Crippen molar-refractivity contribution in [1.29, 1.82) is 0 Å². The third-order valence-corrected chi connectivity index (χ3v) is 5.63. The van der Waals surface area contributed by atoms with Crippen LogP contribution in [0.15, 0.2) is 54.9 Å². The fourth-order valence-corrected chi connectivity index (χ4v) is 3.83. The lowest BCUT2D eigenvalue weighted by Crippen LogP contribution is -2.37. The lowest BCUT2D eigenvalue weighted by Gasteiger charge is -2.30. The summed E-state index contributed by atoms with van der Waals surface area (Å²) in [6.45, 7) is 3.78. The van der Waals surface area contributed by atoms with Crippen LogP contribution in [-0.4, -0.2) is 25.8 Å². The Morgan fingerprint density at radius 1 is 0.969 bits per heavy atom. The monoisotopic (exact) mass is 445 g/mol. The Bertz CT molecular complexity index is 1360. The molecular formula is C23H20ClN7O. The number of nitrogens with zero attached hydrogens (tertiary/aromatic N) is 4. The maximum absolute atomic E-state index is 12.3. The number of pyridine rings is 1. The molecule has 32 heavy (non-hydrogen) atoms. The first kappa shape index (κ1) is 20.1. The summed E-state index contributed by atoms with van der Waals surface area (Å²) in [6, 6.07) is 15.9. The Hall–Kier alpha value is -3.78. The highest BCUT2D eigenvalue weighted by Crippen LogP contribution is 2.36. The molecule has 0 saturated heterocycles. The molecule has 0 fully saturated rings. The van der Waals surface area contributed by atoms with E-state index in [0.29, 0.717) is 29.0 Å². The number of rotatable bonds is 4. The van der Waals surface area contributed by atoms with E-state index in [1.165, 1.54) is 6.33 Å². The molecule has 9 heteroatoms. The van der Waals surface area contributed by atoms with E-state index in [-0.39, 0.29) is 11.9 Å². The van der Waals surface area contributed by atoms with E-state index < -0.39 is 5.41 Å². The minimum absolute atomic E-state index is 0.0761. The Labute approximate surface area is 189 Å². The molecule has 1 aliphatic rings. The van der Waals surface area contributed by atoms with Crippen molar-refractivity contribution < 1.29 is 4.79 Å². The van der Waals surface area contributed by atoms with Crippen molar-refractivity contribution >= 4 is 57.5 Å². The van der Waals surface area contributed by atoms with Gasteiger partial charge in [0.15, 0.2) is 5.82 Å². The molecule has 1 amide bonds. The Morgan fingerprint density at radius 3 is 2.53 bits per heavy atom. The normalized spacial score (nSPS) is 14.5. The van der Waals surface area contributed by atoms with Gasteiger partial charge in [-0.1, -0.05) is 55.8 Å². The smallest absolute Gasteiger partial charge is 0.233 e. The van der Waals surface area contributed by atoms with E-state index in [2.05, 4.69) is 42.0 Å². The van der Waals surface area contributed by atoms with Gasteiger partial charge in [-0.3, -0.25) is 4.79 Å². The van der Waals surface area contributed by atoms with Crippen molar-refractivity contribution in [3.05, 3.63) is 65.4 Å². The summed E-state index contributed by atoms with van der Waals surface area (Å²) in [5.41, 5.74) is 1.24. The molecule has 2 aromatic carbocycles. The zero-order valence-corrected chi connectivity index (χ0v) is 18.2. The summed E-state index contributed by atoms with van der Waals surface area (Å²) >= 11 is 6.44. The topological polar surface area (TPSA) is 105 Å². The number of fused-ring (bicyclic) bond motifs is 2. The molecule has 3 N–H and O–H groups in total. The van der Waals surface area contributed by atoms with Crippen LogP contribution in [0, 0.1) is 5.41 Å². The van der Waals surface area contributed by atoms with Crippen molar-refractivity contribution in [2.24, 2.45) is 5.41 Å². The fourth-order valence-electron chi connectivity index (χ4n) is 3.61. The lowest BCUT2D eigenvalue weighted by molar-refractivity contribution is -0.124. The summed E-state index contributed by atoms with van der Waals surface area (Å²) in [7, 11) is 0. The molecule has 1 aliphatic heterocycles. The van der Waals surface area contributed by atoms with Crippen LogP contribution in [-0.2, 0) is 11.2 Å². The quantitative estimate of drug-likeness (QED) is 0.402. The van der Waals surface area contributed by atoms with E-state index in [1.807, 2.05) is 56.3 Å². The number of halogens is 1. The van der Waals surface area contributed by atoms with Gasteiger partial charge in [-0.05, 0) is 41.0 Å². The van der Waals surface area contributed by atoms with Crippen LogP contribution in [0.1, 0.15) is 19.4 Å². The predicted molar refractivity (Wildman–Crippen MR) is 126 cm³/mol. The second-order valence-electron chi connectivity index (χ2n) is 8.29. The van der Waals surface area contributed by atoms with E-state index in [1.54, 1.807) is 0 Å². The Balaban J connectivity index is 1.38. The minimum atomic E-state index is -0.509. The number of amides is 1. The number of aromatic nitrogens is 4. The van der Waals surface area contributed by atoms with E-state index in [0.717, 1.165) is 22.0 Å². The number of carbonyl (C=O) groups is 1. The van der Waals surface area contributed by atoms with Crippen LogP contribution in [0.25, 0.3) is 10.8 Å². The lowest BCUT2D eigenvalue weighted by atomic mass is 9.82. The van der Waals surface area contributed by atoms with Crippen molar-refractivity contribution in [2.75, 3.05) is 16.0 Å². The number of nitrogens with one attached hydrogen (secondary N) is 3. The number of anilines is 5. The SMILES string of the molecule is CC1(C)Cc2cc(Cl)c(Nc3ncnc(Nc4ccc5ccccc5c4)n3)nc2NC1=O. The molecule has 5 rings (SSSR count). The highest BCUT2D eigenvalue weighted by atomic mass is 35.5. The van der Waals surface area contributed by atoms with Crippen molar-refractivity contribution in [1.82, 2.24) is 19.9 Å². The van der Waals surface area contributed by atoms with Gasteiger partial charge in [-0.2, -0.15) is 4.98 Å². The highest BCUT2D eigenvalue weighted by Gasteiger charge is 2.34. The van der Waals surface area contributed by atoms with Gasteiger partial charge in [0.1, 0.15) is 12.1 Å². The molecule has 4 aromatic rings. The third kappa shape index (κ3) is 3.92. The summed E-state index contributed by atoms with van der Waals surface area (Å²) in [5, 5.41) is 11.7. The molecule has 8 nitrogen and oxygen atoms in total. The average Bonchev–Trinajstić information content (AvgIpc) is 2.76. The van der Waals surface area contributed by atoms with E-state index >= 15 is 0 Å².